The number of carbonyl (C=O) groups is 1. The molecule has 106 valence electrons. The number of hydrogen-bond acceptors (Lipinski definition) is 4. The van der Waals surface area contributed by atoms with Crippen molar-refractivity contribution in [3.63, 3.8) is 0 Å². The summed E-state index contributed by atoms with van der Waals surface area (Å²) < 4.78 is 4.84. The minimum atomic E-state index is -0.271. The van der Waals surface area contributed by atoms with Gasteiger partial charge in [0, 0.05) is 19.2 Å². The van der Waals surface area contributed by atoms with Gasteiger partial charge in [-0.3, -0.25) is 4.90 Å². The summed E-state index contributed by atoms with van der Waals surface area (Å²) in [6, 6.07) is 0. The molecule has 0 saturated heterocycles. The summed E-state index contributed by atoms with van der Waals surface area (Å²) in [7, 11) is 0. The molecular formula is C14H28N2O2. The molecule has 18 heavy (non-hydrogen) atoms. The maximum absolute atomic E-state index is 11.2. The molecule has 0 unspecified atom stereocenters. The van der Waals surface area contributed by atoms with Crippen LogP contribution in [-0.4, -0.2) is 43.7 Å². The lowest BCUT2D eigenvalue weighted by Crippen LogP contribution is -2.39. The van der Waals surface area contributed by atoms with Gasteiger partial charge in [-0.15, -0.1) is 0 Å². The van der Waals surface area contributed by atoms with Crippen molar-refractivity contribution in [1.82, 2.24) is 4.90 Å². The van der Waals surface area contributed by atoms with Gasteiger partial charge in [-0.25, -0.2) is 4.79 Å². The molecule has 0 amide bonds. The number of esters is 1. The van der Waals surface area contributed by atoms with E-state index in [1.807, 2.05) is 6.08 Å². The number of rotatable bonds is 9. The Morgan fingerprint density at radius 1 is 1.39 bits per heavy atom. The maximum Gasteiger partial charge on any atom is 0.330 e. The van der Waals surface area contributed by atoms with Crippen molar-refractivity contribution in [3.05, 3.63) is 12.2 Å². The average Bonchev–Trinajstić information content (AvgIpc) is 2.29. The van der Waals surface area contributed by atoms with Crippen molar-refractivity contribution in [3.8, 4) is 0 Å². The second-order valence-electron chi connectivity index (χ2n) is 5.26. The Bertz CT molecular complexity index is 263. The van der Waals surface area contributed by atoms with Crippen LogP contribution in [0, 0.1) is 5.41 Å². The van der Waals surface area contributed by atoms with Crippen molar-refractivity contribution in [1.29, 1.82) is 0 Å². The van der Waals surface area contributed by atoms with Crippen LogP contribution in [0.5, 0.6) is 0 Å². The van der Waals surface area contributed by atoms with Gasteiger partial charge in [-0.1, -0.05) is 26.8 Å². The summed E-state index contributed by atoms with van der Waals surface area (Å²) in [4.78, 5) is 13.5. The molecule has 0 aromatic rings. The lowest BCUT2D eigenvalue weighted by Gasteiger charge is -2.30. The van der Waals surface area contributed by atoms with Gasteiger partial charge in [0.25, 0.3) is 0 Å². The molecule has 4 heteroatoms. The van der Waals surface area contributed by atoms with Crippen LogP contribution in [0.1, 0.15) is 34.1 Å². The highest BCUT2D eigenvalue weighted by molar-refractivity contribution is 5.81. The zero-order chi connectivity index (χ0) is 14.0. The van der Waals surface area contributed by atoms with Gasteiger partial charge < -0.3 is 10.5 Å². The van der Waals surface area contributed by atoms with Crippen molar-refractivity contribution < 1.29 is 9.53 Å². The Morgan fingerprint density at radius 3 is 2.56 bits per heavy atom. The van der Waals surface area contributed by atoms with E-state index in [4.69, 9.17) is 10.5 Å². The molecule has 0 aromatic heterocycles. The molecule has 2 N–H and O–H groups in total. The third-order valence-electron chi connectivity index (χ3n) is 2.65. The van der Waals surface area contributed by atoms with E-state index in [9.17, 15) is 4.79 Å². The monoisotopic (exact) mass is 256 g/mol. The highest BCUT2D eigenvalue weighted by atomic mass is 16.5. The molecule has 0 rings (SSSR count). The number of nitrogens with zero attached hydrogens (tertiary/aromatic N) is 1. The Balaban J connectivity index is 4.23. The van der Waals surface area contributed by atoms with Crippen LogP contribution < -0.4 is 5.73 Å². The second-order valence-corrected chi connectivity index (χ2v) is 5.26. The van der Waals surface area contributed by atoms with Crippen LogP contribution >= 0.6 is 0 Å². The van der Waals surface area contributed by atoms with E-state index in [1.165, 1.54) is 6.08 Å². The number of ether oxygens (including phenoxy) is 1. The van der Waals surface area contributed by atoms with E-state index in [0.29, 0.717) is 13.2 Å². The van der Waals surface area contributed by atoms with Crippen LogP contribution in [0.25, 0.3) is 0 Å². The van der Waals surface area contributed by atoms with Crippen LogP contribution in [0.15, 0.2) is 12.2 Å². The predicted molar refractivity (Wildman–Crippen MR) is 75.3 cm³/mol. The predicted octanol–water partition coefficient (Wildman–Crippen LogP) is 1.80. The SMILES string of the molecule is CCCN(C/C=C/C(=O)OCC)CC(C)(C)CN. The first-order valence-corrected chi connectivity index (χ1v) is 6.71. The van der Waals surface area contributed by atoms with Crippen molar-refractivity contribution in [2.24, 2.45) is 11.1 Å². The highest BCUT2D eigenvalue weighted by Gasteiger charge is 2.18. The first-order valence-electron chi connectivity index (χ1n) is 6.71. The third kappa shape index (κ3) is 8.25. The Labute approximate surface area is 111 Å². The number of hydrogen-bond donors (Lipinski definition) is 1. The standard InChI is InChI=1S/C14H28N2O2/c1-5-9-16(12-14(3,4)11-15)10-7-8-13(17)18-6-2/h7-8H,5-6,9-12,15H2,1-4H3/b8-7+. The fourth-order valence-corrected chi connectivity index (χ4v) is 1.71. The Hall–Kier alpha value is -0.870. The largest absolute Gasteiger partial charge is 0.463 e. The maximum atomic E-state index is 11.2. The first kappa shape index (κ1) is 17.1. The molecule has 4 nitrogen and oxygen atoms in total. The lowest BCUT2D eigenvalue weighted by molar-refractivity contribution is -0.137. The van der Waals surface area contributed by atoms with E-state index in [2.05, 4.69) is 25.7 Å². The molecule has 0 radical (unpaired) electrons. The van der Waals surface area contributed by atoms with Gasteiger partial charge in [0.1, 0.15) is 0 Å². The van der Waals surface area contributed by atoms with E-state index in [-0.39, 0.29) is 11.4 Å². The van der Waals surface area contributed by atoms with E-state index < -0.39 is 0 Å². The van der Waals surface area contributed by atoms with Crippen molar-refractivity contribution in [2.45, 2.75) is 34.1 Å². The zero-order valence-corrected chi connectivity index (χ0v) is 12.2. The summed E-state index contributed by atoms with van der Waals surface area (Å²) in [6.45, 7) is 12.1. The van der Waals surface area contributed by atoms with Crippen LogP contribution in [-0.2, 0) is 9.53 Å². The van der Waals surface area contributed by atoms with E-state index in [1.54, 1.807) is 6.92 Å². The molecule has 0 spiro atoms. The molecule has 0 aromatic carbocycles. The molecule has 0 aliphatic carbocycles. The van der Waals surface area contributed by atoms with Gasteiger partial charge >= 0.3 is 5.97 Å². The molecule has 0 fully saturated rings. The number of carbonyl (C=O) groups excluding carboxylic acids is 1. The summed E-state index contributed by atoms with van der Waals surface area (Å²) in [6.07, 6.45) is 4.45. The Kier molecular flexibility index (Phi) is 8.67. The Morgan fingerprint density at radius 2 is 2.06 bits per heavy atom. The summed E-state index contributed by atoms with van der Waals surface area (Å²) >= 11 is 0. The van der Waals surface area contributed by atoms with E-state index in [0.717, 1.165) is 26.1 Å². The molecule has 0 atom stereocenters. The number of nitrogens with two attached hydrogens (primary N) is 1. The molecular weight excluding hydrogens is 228 g/mol. The zero-order valence-electron chi connectivity index (χ0n) is 12.2. The summed E-state index contributed by atoms with van der Waals surface area (Å²) in [5.41, 5.74) is 5.85. The molecule has 0 heterocycles. The van der Waals surface area contributed by atoms with Crippen LogP contribution in [0.3, 0.4) is 0 Å². The molecule has 0 aliphatic heterocycles. The minimum Gasteiger partial charge on any atom is -0.463 e. The fourth-order valence-electron chi connectivity index (χ4n) is 1.71. The summed E-state index contributed by atoms with van der Waals surface area (Å²) in [5, 5.41) is 0. The van der Waals surface area contributed by atoms with E-state index >= 15 is 0 Å². The molecule has 0 saturated carbocycles. The van der Waals surface area contributed by atoms with Gasteiger partial charge in [0.05, 0.1) is 6.61 Å². The topological polar surface area (TPSA) is 55.6 Å². The average molecular weight is 256 g/mol. The van der Waals surface area contributed by atoms with Gasteiger partial charge in [0.2, 0.25) is 0 Å². The second kappa shape index (κ2) is 9.11. The normalized spacial score (nSPS) is 12.3. The minimum absolute atomic E-state index is 0.104. The van der Waals surface area contributed by atoms with Gasteiger partial charge in [-0.05, 0) is 31.8 Å². The first-order chi connectivity index (χ1) is 8.45. The third-order valence-corrected chi connectivity index (χ3v) is 2.65. The molecule has 0 bridgehead atoms. The molecule has 0 aliphatic rings. The quantitative estimate of drug-likeness (QED) is 0.505. The van der Waals surface area contributed by atoms with Gasteiger partial charge in [0.15, 0.2) is 0 Å². The summed E-state index contributed by atoms with van der Waals surface area (Å²) in [5.74, 6) is -0.271. The lowest BCUT2D eigenvalue weighted by atomic mass is 9.93. The van der Waals surface area contributed by atoms with Crippen LogP contribution in [0.2, 0.25) is 0 Å². The highest BCUT2D eigenvalue weighted by Crippen LogP contribution is 2.14. The van der Waals surface area contributed by atoms with Gasteiger partial charge in [-0.2, -0.15) is 0 Å². The van der Waals surface area contributed by atoms with Crippen molar-refractivity contribution >= 4 is 5.97 Å². The van der Waals surface area contributed by atoms with Crippen LogP contribution in [0.4, 0.5) is 0 Å². The smallest absolute Gasteiger partial charge is 0.330 e. The van der Waals surface area contributed by atoms with Crippen molar-refractivity contribution in [2.75, 3.05) is 32.8 Å². The fraction of sp³-hybridized carbons (Fsp3) is 0.786.